The molecule has 5 heteroatoms. The predicted octanol–water partition coefficient (Wildman–Crippen LogP) is 3.92. The van der Waals surface area contributed by atoms with E-state index in [-0.39, 0.29) is 5.69 Å². The number of hydrogen-bond donors (Lipinski definition) is 1. The molecule has 1 aromatic rings. The smallest absolute Gasteiger partial charge is 0.270 e. The van der Waals surface area contributed by atoms with Crippen LogP contribution in [0.3, 0.4) is 0 Å². The molecule has 0 spiro atoms. The first kappa shape index (κ1) is 14.3. The third-order valence-electron chi connectivity index (χ3n) is 3.64. The molecule has 0 amide bonds. The molecule has 1 aliphatic carbocycles. The molecule has 1 fully saturated rings. The van der Waals surface area contributed by atoms with E-state index in [9.17, 15) is 10.1 Å². The normalized spacial score (nSPS) is 16.3. The predicted molar refractivity (Wildman–Crippen MR) is 76.4 cm³/mol. The minimum Gasteiger partial charge on any atom is -0.310 e. The van der Waals surface area contributed by atoms with E-state index < -0.39 is 4.92 Å². The van der Waals surface area contributed by atoms with Crippen molar-refractivity contribution in [1.29, 1.82) is 0 Å². The third-order valence-corrected chi connectivity index (χ3v) is 3.99. The average molecular weight is 283 g/mol. The van der Waals surface area contributed by atoms with Gasteiger partial charge in [0.05, 0.1) is 9.95 Å². The Kier molecular flexibility index (Phi) is 4.77. The van der Waals surface area contributed by atoms with Crippen molar-refractivity contribution >= 4 is 17.3 Å². The van der Waals surface area contributed by atoms with Crippen LogP contribution in [0.25, 0.3) is 0 Å². The van der Waals surface area contributed by atoms with Crippen LogP contribution in [0.15, 0.2) is 18.2 Å². The lowest BCUT2D eigenvalue weighted by Crippen LogP contribution is -2.28. The van der Waals surface area contributed by atoms with Crippen LogP contribution in [-0.2, 0) is 6.54 Å². The van der Waals surface area contributed by atoms with Gasteiger partial charge in [-0.25, -0.2) is 0 Å². The second-order valence-electron chi connectivity index (χ2n) is 5.20. The number of nitro groups is 1. The van der Waals surface area contributed by atoms with Gasteiger partial charge in [-0.1, -0.05) is 31.4 Å². The number of benzene rings is 1. The highest BCUT2D eigenvalue weighted by Crippen LogP contribution is 2.34. The second kappa shape index (κ2) is 6.35. The fourth-order valence-corrected chi connectivity index (χ4v) is 2.44. The first-order valence-electron chi connectivity index (χ1n) is 6.76. The van der Waals surface area contributed by atoms with E-state index >= 15 is 0 Å². The molecule has 104 valence electrons. The Morgan fingerprint density at radius 3 is 2.79 bits per heavy atom. The quantitative estimate of drug-likeness (QED) is 0.609. The maximum atomic E-state index is 10.6. The molecular formula is C14H19ClN2O2. The number of rotatable bonds is 7. The van der Waals surface area contributed by atoms with Gasteiger partial charge >= 0.3 is 0 Å². The zero-order valence-electron chi connectivity index (χ0n) is 11.1. The summed E-state index contributed by atoms with van der Waals surface area (Å²) >= 11 is 6.07. The zero-order valence-corrected chi connectivity index (χ0v) is 11.8. The Bertz CT molecular complexity index is 461. The maximum Gasteiger partial charge on any atom is 0.270 e. The van der Waals surface area contributed by atoms with Crippen LogP contribution >= 0.6 is 11.6 Å². The Hall–Kier alpha value is -1.13. The van der Waals surface area contributed by atoms with Crippen molar-refractivity contribution in [3.05, 3.63) is 38.9 Å². The third kappa shape index (κ3) is 4.18. The molecule has 0 heterocycles. The van der Waals surface area contributed by atoms with Crippen molar-refractivity contribution in [2.24, 2.45) is 5.92 Å². The minimum absolute atomic E-state index is 0.0405. The van der Waals surface area contributed by atoms with Crippen LogP contribution in [0.4, 0.5) is 5.69 Å². The maximum absolute atomic E-state index is 10.6. The zero-order chi connectivity index (χ0) is 13.8. The van der Waals surface area contributed by atoms with Gasteiger partial charge in [0.2, 0.25) is 0 Å². The van der Waals surface area contributed by atoms with Gasteiger partial charge in [-0.05, 0) is 30.4 Å². The lowest BCUT2D eigenvalue weighted by atomic mass is 10.1. The summed E-state index contributed by atoms with van der Waals surface area (Å²) in [7, 11) is 0. The van der Waals surface area contributed by atoms with Gasteiger partial charge in [0.25, 0.3) is 5.69 Å². The van der Waals surface area contributed by atoms with Crippen molar-refractivity contribution < 1.29 is 4.92 Å². The summed E-state index contributed by atoms with van der Waals surface area (Å²) in [6.07, 6.45) is 5.04. The summed E-state index contributed by atoms with van der Waals surface area (Å²) in [5, 5.41) is 14.6. The van der Waals surface area contributed by atoms with Crippen LogP contribution in [0.5, 0.6) is 0 Å². The van der Waals surface area contributed by atoms with Gasteiger partial charge in [0.1, 0.15) is 0 Å². The monoisotopic (exact) mass is 282 g/mol. The molecule has 1 unspecified atom stereocenters. The van der Waals surface area contributed by atoms with Gasteiger partial charge in [-0.3, -0.25) is 10.1 Å². The highest BCUT2D eigenvalue weighted by molar-refractivity contribution is 6.31. The van der Waals surface area contributed by atoms with Crippen LogP contribution < -0.4 is 5.32 Å². The van der Waals surface area contributed by atoms with E-state index in [4.69, 9.17) is 11.6 Å². The first-order chi connectivity index (χ1) is 9.10. The Morgan fingerprint density at radius 2 is 2.26 bits per heavy atom. The summed E-state index contributed by atoms with van der Waals surface area (Å²) in [5.74, 6) is 0.893. The van der Waals surface area contributed by atoms with Gasteiger partial charge < -0.3 is 5.32 Å². The molecule has 0 aliphatic heterocycles. The summed E-state index contributed by atoms with van der Waals surface area (Å²) < 4.78 is 0. The molecule has 4 nitrogen and oxygen atoms in total. The van der Waals surface area contributed by atoms with Crippen molar-refractivity contribution in [2.75, 3.05) is 0 Å². The number of non-ortho nitro benzene ring substituents is 1. The van der Waals surface area contributed by atoms with Gasteiger partial charge in [0, 0.05) is 24.7 Å². The van der Waals surface area contributed by atoms with Gasteiger partial charge in [-0.2, -0.15) is 0 Å². The van der Waals surface area contributed by atoms with Gasteiger partial charge in [-0.15, -0.1) is 0 Å². The Labute approximate surface area is 118 Å². The number of nitro benzene ring substituents is 1. The van der Waals surface area contributed by atoms with Crippen LogP contribution in [-0.4, -0.2) is 11.0 Å². The molecule has 2 rings (SSSR count). The molecule has 0 aromatic heterocycles. The fourth-order valence-electron chi connectivity index (χ4n) is 2.20. The second-order valence-corrected chi connectivity index (χ2v) is 5.61. The average Bonchev–Trinajstić information content (AvgIpc) is 3.19. The van der Waals surface area contributed by atoms with E-state index in [1.165, 1.54) is 31.4 Å². The molecule has 1 atom stereocenters. The SMILES string of the molecule is CCC(CC1CC1)NCc1ccc([N+](=O)[O-])cc1Cl. The van der Waals surface area contributed by atoms with E-state index in [2.05, 4.69) is 12.2 Å². The number of hydrogen-bond acceptors (Lipinski definition) is 3. The van der Waals surface area contributed by atoms with Crippen LogP contribution in [0.2, 0.25) is 5.02 Å². The van der Waals surface area contributed by atoms with Crippen LogP contribution in [0, 0.1) is 16.0 Å². The largest absolute Gasteiger partial charge is 0.310 e. The number of nitrogens with one attached hydrogen (secondary N) is 1. The molecule has 1 aromatic carbocycles. The van der Waals surface area contributed by atoms with E-state index in [1.807, 2.05) is 0 Å². The topological polar surface area (TPSA) is 55.2 Å². The van der Waals surface area contributed by atoms with Crippen molar-refractivity contribution in [2.45, 2.75) is 45.2 Å². The molecule has 1 saturated carbocycles. The van der Waals surface area contributed by atoms with Crippen molar-refractivity contribution in [1.82, 2.24) is 5.32 Å². The van der Waals surface area contributed by atoms with Crippen molar-refractivity contribution in [3.63, 3.8) is 0 Å². The Balaban J connectivity index is 1.92. The van der Waals surface area contributed by atoms with Crippen LogP contribution in [0.1, 0.15) is 38.2 Å². The van der Waals surface area contributed by atoms with E-state index in [1.54, 1.807) is 6.07 Å². The summed E-state index contributed by atoms with van der Waals surface area (Å²) in [4.78, 5) is 10.2. The lowest BCUT2D eigenvalue weighted by Gasteiger charge is -2.17. The molecule has 1 aliphatic rings. The number of nitrogens with zero attached hydrogens (tertiary/aromatic N) is 1. The minimum atomic E-state index is -0.426. The molecule has 0 bridgehead atoms. The first-order valence-corrected chi connectivity index (χ1v) is 7.14. The summed E-state index contributed by atoms with van der Waals surface area (Å²) in [6, 6.07) is 5.17. The summed E-state index contributed by atoms with van der Waals surface area (Å²) in [5.41, 5.74) is 0.959. The van der Waals surface area contributed by atoms with E-state index in [0.717, 1.165) is 17.9 Å². The molecular weight excluding hydrogens is 264 g/mol. The Morgan fingerprint density at radius 1 is 1.53 bits per heavy atom. The summed E-state index contributed by atoms with van der Waals surface area (Å²) in [6.45, 7) is 2.85. The fraction of sp³-hybridized carbons (Fsp3) is 0.571. The molecule has 0 radical (unpaired) electrons. The number of halogens is 1. The van der Waals surface area contributed by atoms with E-state index in [0.29, 0.717) is 17.6 Å². The van der Waals surface area contributed by atoms with Crippen molar-refractivity contribution in [3.8, 4) is 0 Å². The highest BCUT2D eigenvalue weighted by atomic mass is 35.5. The van der Waals surface area contributed by atoms with Gasteiger partial charge in [0.15, 0.2) is 0 Å². The molecule has 1 N–H and O–H groups in total. The molecule has 19 heavy (non-hydrogen) atoms. The lowest BCUT2D eigenvalue weighted by molar-refractivity contribution is -0.384. The molecule has 0 saturated heterocycles. The standard InChI is InChI=1S/C14H19ClN2O2/c1-2-12(7-10-3-4-10)16-9-11-5-6-13(17(18)19)8-14(11)15/h5-6,8,10,12,16H,2-4,7,9H2,1H3. The highest BCUT2D eigenvalue weighted by Gasteiger charge is 2.24.